The number of hydrogen-bond acceptors (Lipinski definition) is 5. The van der Waals surface area contributed by atoms with Crippen LogP contribution < -0.4 is 5.73 Å². The lowest BCUT2D eigenvalue weighted by molar-refractivity contribution is 0.0607. The Labute approximate surface area is 92.0 Å². The average molecular weight is 227 g/mol. The summed E-state index contributed by atoms with van der Waals surface area (Å²) >= 11 is 1.08. The maximum Gasteiger partial charge on any atom is 0.350 e. The van der Waals surface area contributed by atoms with E-state index in [1.165, 1.54) is 13.2 Å². The summed E-state index contributed by atoms with van der Waals surface area (Å²) in [5, 5.41) is 0. The van der Waals surface area contributed by atoms with Gasteiger partial charge in [0.15, 0.2) is 5.78 Å². The minimum absolute atomic E-state index is 0.0122. The fourth-order valence-electron chi connectivity index (χ4n) is 1.06. The average Bonchev–Trinajstić information content (AvgIpc) is 2.57. The summed E-state index contributed by atoms with van der Waals surface area (Å²) in [5.41, 5.74) is 5.91. The molecule has 0 fully saturated rings. The van der Waals surface area contributed by atoms with Gasteiger partial charge in [0, 0.05) is 5.92 Å². The highest BCUT2D eigenvalue weighted by molar-refractivity contribution is 7.16. The summed E-state index contributed by atoms with van der Waals surface area (Å²) in [7, 11) is 1.28. The second-order valence-corrected chi connectivity index (χ2v) is 4.46. The minimum Gasteiger partial charge on any atom is -0.465 e. The quantitative estimate of drug-likeness (QED) is 0.633. The molecule has 0 aliphatic heterocycles. The van der Waals surface area contributed by atoms with E-state index in [1.54, 1.807) is 13.8 Å². The number of anilines is 1. The topological polar surface area (TPSA) is 69.4 Å². The first-order valence-electron chi connectivity index (χ1n) is 4.49. The molecule has 0 atom stereocenters. The van der Waals surface area contributed by atoms with Crippen molar-refractivity contribution in [1.82, 2.24) is 0 Å². The van der Waals surface area contributed by atoms with Gasteiger partial charge in [-0.3, -0.25) is 4.79 Å². The molecule has 1 heterocycles. The third-order valence-corrected chi connectivity index (χ3v) is 3.04. The summed E-state index contributed by atoms with van der Waals surface area (Å²) < 4.78 is 4.55. The van der Waals surface area contributed by atoms with Gasteiger partial charge in [0.25, 0.3) is 0 Å². The van der Waals surface area contributed by atoms with Crippen LogP contribution in [0.25, 0.3) is 0 Å². The van der Waals surface area contributed by atoms with Gasteiger partial charge in [-0.15, -0.1) is 11.3 Å². The van der Waals surface area contributed by atoms with E-state index >= 15 is 0 Å². The Morgan fingerprint density at radius 2 is 2.07 bits per heavy atom. The number of esters is 1. The zero-order chi connectivity index (χ0) is 11.6. The van der Waals surface area contributed by atoms with E-state index in [-0.39, 0.29) is 11.7 Å². The van der Waals surface area contributed by atoms with Gasteiger partial charge >= 0.3 is 5.97 Å². The first kappa shape index (κ1) is 11.7. The summed E-state index contributed by atoms with van der Waals surface area (Å²) in [6, 6.07) is 1.53. The Morgan fingerprint density at radius 1 is 1.47 bits per heavy atom. The first-order valence-corrected chi connectivity index (χ1v) is 5.30. The van der Waals surface area contributed by atoms with E-state index in [0.717, 1.165) is 11.3 Å². The zero-order valence-corrected chi connectivity index (χ0v) is 9.68. The van der Waals surface area contributed by atoms with E-state index in [9.17, 15) is 9.59 Å². The Morgan fingerprint density at radius 3 is 2.53 bits per heavy atom. The van der Waals surface area contributed by atoms with Crippen molar-refractivity contribution in [1.29, 1.82) is 0 Å². The third-order valence-electron chi connectivity index (χ3n) is 1.90. The van der Waals surface area contributed by atoms with Gasteiger partial charge < -0.3 is 10.5 Å². The standard InChI is InChI=1S/C10H13NO3S/c1-5(2)8(12)7-4-6(11)9(15-7)10(13)14-3/h4-5H,11H2,1-3H3. The third kappa shape index (κ3) is 2.36. The Bertz CT molecular complexity index is 395. The second kappa shape index (κ2) is 4.44. The van der Waals surface area contributed by atoms with E-state index in [0.29, 0.717) is 15.4 Å². The molecule has 0 saturated carbocycles. The highest BCUT2D eigenvalue weighted by Crippen LogP contribution is 2.27. The number of hydrogen-bond donors (Lipinski definition) is 1. The first-order chi connectivity index (χ1) is 6.97. The van der Waals surface area contributed by atoms with Crippen LogP contribution in [0.15, 0.2) is 6.07 Å². The summed E-state index contributed by atoms with van der Waals surface area (Å²) in [5.74, 6) is -0.615. The van der Waals surface area contributed by atoms with Crippen molar-refractivity contribution in [3.63, 3.8) is 0 Å². The summed E-state index contributed by atoms with van der Waals surface area (Å²) in [6.07, 6.45) is 0. The molecule has 0 aliphatic carbocycles. The van der Waals surface area contributed by atoms with Crippen molar-refractivity contribution in [3.8, 4) is 0 Å². The molecule has 5 heteroatoms. The number of nitrogen functional groups attached to an aromatic ring is 1. The molecule has 1 rings (SSSR count). The lowest BCUT2D eigenvalue weighted by Crippen LogP contribution is -2.04. The van der Waals surface area contributed by atoms with Gasteiger partial charge in [-0.05, 0) is 6.07 Å². The van der Waals surface area contributed by atoms with Gasteiger partial charge in [-0.2, -0.15) is 0 Å². The lowest BCUT2D eigenvalue weighted by Gasteiger charge is -1.98. The minimum atomic E-state index is -0.500. The SMILES string of the molecule is COC(=O)c1sc(C(=O)C(C)C)cc1N. The molecule has 0 amide bonds. The van der Waals surface area contributed by atoms with Gasteiger partial charge in [-0.25, -0.2) is 4.79 Å². The van der Waals surface area contributed by atoms with Crippen molar-refractivity contribution >= 4 is 28.8 Å². The van der Waals surface area contributed by atoms with Crippen LogP contribution in [0, 0.1) is 5.92 Å². The van der Waals surface area contributed by atoms with Crippen molar-refractivity contribution < 1.29 is 14.3 Å². The molecule has 15 heavy (non-hydrogen) atoms. The van der Waals surface area contributed by atoms with Gasteiger partial charge in [-0.1, -0.05) is 13.8 Å². The van der Waals surface area contributed by atoms with Crippen LogP contribution in [-0.4, -0.2) is 18.9 Å². The van der Waals surface area contributed by atoms with Crippen LogP contribution in [-0.2, 0) is 4.74 Å². The maximum atomic E-state index is 11.6. The molecule has 4 nitrogen and oxygen atoms in total. The number of carbonyl (C=O) groups excluding carboxylic acids is 2. The van der Waals surface area contributed by atoms with Gasteiger partial charge in [0.1, 0.15) is 4.88 Å². The molecule has 2 N–H and O–H groups in total. The molecule has 1 aromatic heterocycles. The van der Waals surface area contributed by atoms with Crippen LogP contribution in [0.2, 0.25) is 0 Å². The Kier molecular flexibility index (Phi) is 3.47. The van der Waals surface area contributed by atoms with Crippen LogP contribution in [0.1, 0.15) is 33.2 Å². The molecule has 0 spiro atoms. The van der Waals surface area contributed by atoms with E-state index in [1.807, 2.05) is 0 Å². The monoisotopic (exact) mass is 227 g/mol. The number of ether oxygens (including phenoxy) is 1. The van der Waals surface area contributed by atoms with Crippen molar-refractivity contribution in [2.45, 2.75) is 13.8 Å². The van der Waals surface area contributed by atoms with Crippen molar-refractivity contribution in [2.75, 3.05) is 12.8 Å². The van der Waals surface area contributed by atoms with Crippen LogP contribution in [0.5, 0.6) is 0 Å². The summed E-state index contributed by atoms with van der Waals surface area (Å²) in [4.78, 5) is 23.7. The second-order valence-electron chi connectivity index (χ2n) is 3.41. The Balaban J connectivity index is 3.06. The highest BCUT2D eigenvalue weighted by atomic mass is 32.1. The van der Waals surface area contributed by atoms with Crippen LogP contribution in [0.3, 0.4) is 0 Å². The molecule has 0 unspecified atom stereocenters. The molecular weight excluding hydrogens is 214 g/mol. The highest BCUT2D eigenvalue weighted by Gasteiger charge is 2.19. The van der Waals surface area contributed by atoms with Gasteiger partial charge in [0.05, 0.1) is 17.7 Å². The van der Waals surface area contributed by atoms with Crippen LogP contribution in [0.4, 0.5) is 5.69 Å². The number of methoxy groups -OCH3 is 1. The fourth-order valence-corrected chi connectivity index (χ4v) is 2.15. The van der Waals surface area contributed by atoms with Crippen LogP contribution >= 0.6 is 11.3 Å². The largest absolute Gasteiger partial charge is 0.465 e. The molecule has 0 radical (unpaired) electrons. The predicted octanol–water partition coefficient (Wildman–Crippen LogP) is 1.96. The van der Waals surface area contributed by atoms with Crippen molar-refractivity contribution in [2.24, 2.45) is 5.92 Å². The predicted molar refractivity (Wildman–Crippen MR) is 59.2 cm³/mol. The number of carbonyl (C=O) groups is 2. The smallest absolute Gasteiger partial charge is 0.350 e. The van der Waals surface area contributed by atoms with E-state index < -0.39 is 5.97 Å². The molecule has 0 saturated heterocycles. The molecule has 0 aliphatic rings. The molecular formula is C10H13NO3S. The number of Topliss-reactive ketones (excluding diaryl/α,β-unsaturated/α-hetero) is 1. The van der Waals surface area contributed by atoms with Crippen molar-refractivity contribution in [3.05, 3.63) is 15.8 Å². The Hall–Kier alpha value is -1.36. The van der Waals surface area contributed by atoms with Gasteiger partial charge in [0.2, 0.25) is 0 Å². The maximum absolute atomic E-state index is 11.6. The number of ketones is 1. The van der Waals surface area contributed by atoms with E-state index in [4.69, 9.17) is 5.73 Å². The molecule has 0 aromatic carbocycles. The number of nitrogens with two attached hydrogens (primary N) is 1. The number of rotatable bonds is 3. The lowest BCUT2D eigenvalue weighted by atomic mass is 10.1. The molecule has 0 bridgehead atoms. The zero-order valence-electron chi connectivity index (χ0n) is 8.87. The number of thiophene rings is 1. The van der Waals surface area contributed by atoms with E-state index in [2.05, 4.69) is 4.74 Å². The summed E-state index contributed by atoms with van der Waals surface area (Å²) in [6.45, 7) is 3.60. The normalized spacial score (nSPS) is 10.4. The molecule has 82 valence electrons. The fraction of sp³-hybridized carbons (Fsp3) is 0.400. The molecule has 1 aromatic rings.